The van der Waals surface area contributed by atoms with E-state index in [0.717, 1.165) is 19.1 Å². The molecular weight excluding hydrogens is 244 g/mol. The third kappa shape index (κ3) is 3.54. The van der Waals surface area contributed by atoms with Gasteiger partial charge >= 0.3 is 0 Å². The molecule has 0 saturated heterocycles. The van der Waals surface area contributed by atoms with E-state index in [1.165, 1.54) is 63.6 Å². The van der Waals surface area contributed by atoms with E-state index in [2.05, 4.69) is 34.5 Å². The molecule has 1 aromatic rings. The van der Waals surface area contributed by atoms with Gasteiger partial charge in [-0.15, -0.1) is 0 Å². The SMILES string of the molecule is c1ccc2c(c1)CCCCN2CCNC1CCCCC1. The zero-order chi connectivity index (χ0) is 13.6. The lowest BCUT2D eigenvalue weighted by Crippen LogP contribution is -2.38. The van der Waals surface area contributed by atoms with Crippen molar-refractivity contribution in [1.29, 1.82) is 0 Å². The van der Waals surface area contributed by atoms with Crippen LogP contribution in [0.25, 0.3) is 0 Å². The van der Waals surface area contributed by atoms with E-state index in [9.17, 15) is 0 Å². The fourth-order valence-electron chi connectivity index (χ4n) is 3.71. The first-order valence-electron chi connectivity index (χ1n) is 8.50. The van der Waals surface area contributed by atoms with Gasteiger partial charge in [0.1, 0.15) is 0 Å². The molecule has 1 aromatic carbocycles. The van der Waals surface area contributed by atoms with Crippen molar-refractivity contribution < 1.29 is 0 Å². The number of anilines is 1. The maximum Gasteiger partial charge on any atom is 0.0399 e. The Morgan fingerprint density at radius 1 is 1.00 bits per heavy atom. The molecule has 1 fully saturated rings. The normalized spacial score (nSPS) is 20.5. The minimum Gasteiger partial charge on any atom is -0.370 e. The molecule has 2 aliphatic rings. The van der Waals surface area contributed by atoms with E-state index in [0.29, 0.717) is 0 Å². The van der Waals surface area contributed by atoms with Crippen LogP contribution in [-0.2, 0) is 6.42 Å². The highest BCUT2D eigenvalue weighted by atomic mass is 15.1. The summed E-state index contributed by atoms with van der Waals surface area (Å²) in [5, 5.41) is 3.78. The Kier molecular flexibility index (Phi) is 4.96. The monoisotopic (exact) mass is 272 g/mol. The number of nitrogens with one attached hydrogen (secondary N) is 1. The van der Waals surface area contributed by atoms with Crippen LogP contribution in [0.4, 0.5) is 5.69 Å². The second-order valence-electron chi connectivity index (χ2n) is 6.36. The van der Waals surface area contributed by atoms with E-state index in [-0.39, 0.29) is 0 Å². The van der Waals surface area contributed by atoms with Gasteiger partial charge in [0, 0.05) is 31.4 Å². The summed E-state index contributed by atoms with van der Waals surface area (Å²) < 4.78 is 0. The molecule has 20 heavy (non-hydrogen) atoms. The van der Waals surface area contributed by atoms with Crippen molar-refractivity contribution in [3.63, 3.8) is 0 Å². The topological polar surface area (TPSA) is 15.3 Å². The zero-order valence-electron chi connectivity index (χ0n) is 12.6. The van der Waals surface area contributed by atoms with Crippen molar-refractivity contribution in [1.82, 2.24) is 5.32 Å². The summed E-state index contributed by atoms with van der Waals surface area (Å²) in [7, 11) is 0. The Bertz CT molecular complexity index is 410. The molecule has 1 N–H and O–H groups in total. The highest BCUT2D eigenvalue weighted by Gasteiger charge is 2.16. The van der Waals surface area contributed by atoms with Crippen LogP contribution in [0.3, 0.4) is 0 Å². The number of hydrogen-bond acceptors (Lipinski definition) is 2. The van der Waals surface area contributed by atoms with Crippen LogP contribution in [0.5, 0.6) is 0 Å². The minimum atomic E-state index is 0.783. The molecule has 2 nitrogen and oxygen atoms in total. The van der Waals surface area contributed by atoms with Crippen molar-refractivity contribution >= 4 is 5.69 Å². The molecule has 1 heterocycles. The number of fused-ring (bicyclic) bond motifs is 1. The fraction of sp³-hybridized carbons (Fsp3) is 0.667. The van der Waals surface area contributed by atoms with E-state index in [1.54, 1.807) is 5.56 Å². The summed E-state index contributed by atoms with van der Waals surface area (Å²) in [6.45, 7) is 3.52. The fourth-order valence-corrected chi connectivity index (χ4v) is 3.71. The molecule has 0 spiro atoms. The standard InChI is InChI=1S/C18H28N2/c1-2-10-17(11-3-1)19-13-15-20-14-7-6-9-16-8-4-5-12-18(16)20/h4-5,8,12,17,19H,1-3,6-7,9-11,13-15H2. The lowest BCUT2D eigenvalue weighted by Gasteiger charge is -2.28. The third-order valence-electron chi connectivity index (χ3n) is 4.88. The molecule has 0 radical (unpaired) electrons. The maximum absolute atomic E-state index is 3.78. The minimum absolute atomic E-state index is 0.783. The largest absolute Gasteiger partial charge is 0.370 e. The Balaban J connectivity index is 1.54. The first-order valence-corrected chi connectivity index (χ1v) is 8.50. The predicted molar refractivity (Wildman–Crippen MR) is 86.5 cm³/mol. The quantitative estimate of drug-likeness (QED) is 0.898. The summed E-state index contributed by atoms with van der Waals surface area (Å²) in [6, 6.07) is 9.77. The summed E-state index contributed by atoms with van der Waals surface area (Å²) in [5.74, 6) is 0. The van der Waals surface area contributed by atoms with Gasteiger partial charge in [-0.1, -0.05) is 37.5 Å². The average molecular weight is 272 g/mol. The lowest BCUT2D eigenvalue weighted by atomic mass is 9.95. The molecule has 1 aliphatic carbocycles. The molecule has 110 valence electrons. The van der Waals surface area contributed by atoms with Crippen LogP contribution in [0.15, 0.2) is 24.3 Å². The van der Waals surface area contributed by atoms with E-state index in [4.69, 9.17) is 0 Å². The Morgan fingerprint density at radius 2 is 1.85 bits per heavy atom. The average Bonchev–Trinajstić information content (AvgIpc) is 2.71. The lowest BCUT2D eigenvalue weighted by molar-refractivity contribution is 0.375. The van der Waals surface area contributed by atoms with Crippen molar-refractivity contribution in [2.75, 3.05) is 24.5 Å². The molecule has 0 aromatic heterocycles. The number of aryl methyl sites for hydroxylation is 1. The van der Waals surface area contributed by atoms with Crippen molar-refractivity contribution in [3.8, 4) is 0 Å². The summed E-state index contributed by atoms with van der Waals surface area (Å²) >= 11 is 0. The van der Waals surface area contributed by atoms with Crippen LogP contribution in [-0.4, -0.2) is 25.7 Å². The van der Waals surface area contributed by atoms with Crippen molar-refractivity contribution in [3.05, 3.63) is 29.8 Å². The van der Waals surface area contributed by atoms with Crippen LogP contribution in [0, 0.1) is 0 Å². The van der Waals surface area contributed by atoms with Gasteiger partial charge in [0.15, 0.2) is 0 Å². The van der Waals surface area contributed by atoms with Crippen molar-refractivity contribution in [2.45, 2.75) is 57.4 Å². The molecule has 1 saturated carbocycles. The van der Waals surface area contributed by atoms with E-state index < -0.39 is 0 Å². The van der Waals surface area contributed by atoms with Gasteiger partial charge in [-0.25, -0.2) is 0 Å². The number of benzene rings is 1. The van der Waals surface area contributed by atoms with Gasteiger partial charge in [0.25, 0.3) is 0 Å². The maximum atomic E-state index is 3.78. The predicted octanol–water partition coefficient (Wildman–Crippen LogP) is 3.75. The second-order valence-corrected chi connectivity index (χ2v) is 6.36. The molecule has 0 atom stereocenters. The highest BCUT2D eigenvalue weighted by molar-refractivity contribution is 5.54. The zero-order valence-corrected chi connectivity index (χ0v) is 12.6. The number of para-hydroxylation sites is 1. The summed E-state index contributed by atoms with van der Waals surface area (Å²) in [5.41, 5.74) is 3.03. The molecule has 0 bridgehead atoms. The molecular formula is C18H28N2. The van der Waals surface area contributed by atoms with Crippen LogP contribution < -0.4 is 10.2 Å². The van der Waals surface area contributed by atoms with Crippen LogP contribution in [0.1, 0.15) is 50.5 Å². The third-order valence-corrected chi connectivity index (χ3v) is 4.88. The Morgan fingerprint density at radius 3 is 2.75 bits per heavy atom. The highest BCUT2D eigenvalue weighted by Crippen LogP contribution is 2.25. The van der Waals surface area contributed by atoms with E-state index >= 15 is 0 Å². The first kappa shape index (κ1) is 13.9. The molecule has 0 unspecified atom stereocenters. The molecule has 2 heteroatoms. The van der Waals surface area contributed by atoms with Gasteiger partial charge in [0.05, 0.1) is 0 Å². The molecule has 1 aliphatic heterocycles. The van der Waals surface area contributed by atoms with E-state index in [1.807, 2.05) is 0 Å². The van der Waals surface area contributed by atoms with Gasteiger partial charge < -0.3 is 10.2 Å². The van der Waals surface area contributed by atoms with Crippen LogP contribution in [0.2, 0.25) is 0 Å². The van der Waals surface area contributed by atoms with Gasteiger partial charge in [-0.2, -0.15) is 0 Å². The molecule has 0 amide bonds. The van der Waals surface area contributed by atoms with Gasteiger partial charge in [0.2, 0.25) is 0 Å². The number of hydrogen-bond donors (Lipinski definition) is 1. The number of nitrogens with zero attached hydrogens (tertiary/aromatic N) is 1. The summed E-state index contributed by atoms with van der Waals surface area (Å²) in [4.78, 5) is 2.60. The summed E-state index contributed by atoms with van der Waals surface area (Å²) in [6.07, 6.45) is 11.0. The second kappa shape index (κ2) is 7.12. The smallest absolute Gasteiger partial charge is 0.0399 e. The van der Waals surface area contributed by atoms with Gasteiger partial charge in [-0.05, 0) is 43.7 Å². The van der Waals surface area contributed by atoms with Gasteiger partial charge in [-0.3, -0.25) is 0 Å². The first-order chi connectivity index (χ1) is 9.93. The van der Waals surface area contributed by atoms with Crippen LogP contribution >= 0.6 is 0 Å². The van der Waals surface area contributed by atoms with Crippen molar-refractivity contribution in [2.24, 2.45) is 0 Å². The molecule has 3 rings (SSSR count). The Labute approximate surface area is 123 Å². The number of rotatable bonds is 4. The Hall–Kier alpha value is -1.02.